The Morgan fingerprint density at radius 2 is 1.56 bits per heavy atom. The molecule has 5 heteroatoms. The van der Waals surface area contributed by atoms with Crippen LogP contribution in [0, 0.1) is 11.3 Å². The summed E-state index contributed by atoms with van der Waals surface area (Å²) in [7, 11) is 4.68. The van der Waals surface area contributed by atoms with Crippen LogP contribution in [-0.4, -0.2) is 26.9 Å². The van der Waals surface area contributed by atoms with Gasteiger partial charge in [-0.15, -0.1) is 0 Å². The summed E-state index contributed by atoms with van der Waals surface area (Å²) in [5.41, 5.74) is -0.0952. The van der Waals surface area contributed by atoms with E-state index in [0.29, 0.717) is 22.9 Å². The lowest BCUT2D eigenvalue weighted by atomic mass is 10.1. The van der Waals surface area contributed by atoms with Crippen molar-refractivity contribution in [3.05, 3.63) is 12.1 Å². The summed E-state index contributed by atoms with van der Waals surface area (Å²) in [5, 5.41) is 12.2. The third-order valence-corrected chi connectivity index (χ3v) is 2.43. The van der Waals surface area contributed by atoms with Crippen LogP contribution >= 0.6 is 0 Å². The minimum atomic E-state index is -0.727. The van der Waals surface area contributed by atoms with E-state index in [9.17, 15) is 0 Å². The van der Waals surface area contributed by atoms with Gasteiger partial charge in [0.15, 0.2) is 0 Å². The van der Waals surface area contributed by atoms with Crippen LogP contribution < -0.4 is 19.5 Å². The molecule has 0 heterocycles. The van der Waals surface area contributed by atoms with Gasteiger partial charge in [0.25, 0.3) is 0 Å². The van der Waals surface area contributed by atoms with Crippen molar-refractivity contribution in [3.63, 3.8) is 0 Å². The summed E-state index contributed by atoms with van der Waals surface area (Å²) in [6.07, 6.45) is 0. The smallest absolute Gasteiger partial charge is 0.149 e. The monoisotopic (exact) mass is 250 g/mol. The molecule has 1 N–H and O–H groups in total. The highest BCUT2D eigenvalue weighted by Crippen LogP contribution is 2.40. The molecule has 0 bridgehead atoms. The van der Waals surface area contributed by atoms with E-state index >= 15 is 0 Å². The molecule has 0 aliphatic carbocycles. The van der Waals surface area contributed by atoms with Crippen LogP contribution in [0.4, 0.5) is 5.69 Å². The molecule has 98 valence electrons. The predicted molar refractivity (Wildman–Crippen MR) is 69.4 cm³/mol. The topological polar surface area (TPSA) is 63.5 Å². The van der Waals surface area contributed by atoms with Crippen LogP contribution in [0.3, 0.4) is 0 Å². The van der Waals surface area contributed by atoms with Crippen molar-refractivity contribution in [3.8, 4) is 23.3 Å². The number of anilines is 1. The second-order valence-electron chi connectivity index (χ2n) is 4.27. The van der Waals surface area contributed by atoms with Gasteiger partial charge in [-0.05, 0) is 13.8 Å². The molecule has 1 aromatic rings. The fraction of sp³-hybridized carbons (Fsp3) is 0.462. The van der Waals surface area contributed by atoms with Crippen molar-refractivity contribution in [2.75, 3.05) is 26.6 Å². The molecular formula is C13H18N2O3. The van der Waals surface area contributed by atoms with E-state index in [4.69, 9.17) is 19.5 Å². The van der Waals surface area contributed by atoms with Crippen LogP contribution in [0.1, 0.15) is 13.8 Å². The quantitative estimate of drug-likeness (QED) is 0.869. The molecule has 0 saturated heterocycles. The van der Waals surface area contributed by atoms with Crippen LogP contribution in [-0.2, 0) is 0 Å². The standard InChI is InChI=1S/C13H18N2O3/c1-13(2,8-14)15-12-10(17-4)6-9(16-3)7-11(12)18-5/h6-7,15H,1-5H3. The molecule has 0 amide bonds. The Labute approximate surface area is 107 Å². The maximum atomic E-state index is 9.06. The van der Waals surface area contributed by atoms with Gasteiger partial charge >= 0.3 is 0 Å². The first-order valence-corrected chi connectivity index (χ1v) is 5.47. The highest BCUT2D eigenvalue weighted by atomic mass is 16.5. The fourth-order valence-electron chi connectivity index (χ4n) is 1.47. The number of ether oxygens (including phenoxy) is 3. The van der Waals surface area contributed by atoms with Gasteiger partial charge in [0.05, 0.1) is 27.4 Å². The Balaban J connectivity index is 3.28. The molecule has 0 aliphatic rings. The third kappa shape index (κ3) is 2.98. The Morgan fingerprint density at radius 1 is 1.06 bits per heavy atom. The van der Waals surface area contributed by atoms with Crippen LogP contribution in [0.25, 0.3) is 0 Å². The van der Waals surface area contributed by atoms with Crippen molar-refractivity contribution < 1.29 is 14.2 Å². The molecule has 0 aliphatic heterocycles. The average Bonchev–Trinajstić information content (AvgIpc) is 2.38. The number of rotatable bonds is 5. The molecule has 1 aromatic carbocycles. The highest BCUT2D eigenvalue weighted by Gasteiger charge is 2.22. The summed E-state index contributed by atoms with van der Waals surface area (Å²) in [6, 6.07) is 5.64. The van der Waals surface area contributed by atoms with Crippen molar-refractivity contribution in [2.24, 2.45) is 0 Å². The van der Waals surface area contributed by atoms with Gasteiger partial charge in [0.2, 0.25) is 0 Å². The Morgan fingerprint density at radius 3 is 1.89 bits per heavy atom. The molecule has 0 saturated carbocycles. The first-order chi connectivity index (χ1) is 8.47. The van der Waals surface area contributed by atoms with Gasteiger partial charge in [-0.25, -0.2) is 0 Å². The van der Waals surface area contributed by atoms with E-state index in [1.165, 1.54) is 0 Å². The number of nitrogens with one attached hydrogen (secondary N) is 1. The van der Waals surface area contributed by atoms with E-state index in [2.05, 4.69) is 11.4 Å². The molecule has 5 nitrogen and oxygen atoms in total. The van der Waals surface area contributed by atoms with Crippen LogP contribution in [0.15, 0.2) is 12.1 Å². The summed E-state index contributed by atoms with van der Waals surface area (Å²) in [5.74, 6) is 1.76. The number of methoxy groups -OCH3 is 3. The molecule has 1 rings (SSSR count). The second kappa shape index (κ2) is 5.50. The zero-order valence-corrected chi connectivity index (χ0v) is 11.3. The van der Waals surface area contributed by atoms with E-state index in [1.54, 1.807) is 47.3 Å². The van der Waals surface area contributed by atoms with Gasteiger partial charge < -0.3 is 19.5 Å². The molecule has 0 radical (unpaired) electrons. The lowest BCUT2D eigenvalue weighted by Gasteiger charge is -2.23. The average molecular weight is 250 g/mol. The van der Waals surface area contributed by atoms with E-state index in [0.717, 1.165) is 0 Å². The largest absolute Gasteiger partial charge is 0.496 e. The summed E-state index contributed by atoms with van der Waals surface area (Å²) in [4.78, 5) is 0. The SMILES string of the molecule is COc1cc(OC)c(NC(C)(C)C#N)c(OC)c1. The van der Waals surface area contributed by atoms with E-state index < -0.39 is 5.54 Å². The molecule has 0 unspecified atom stereocenters. The molecule has 0 fully saturated rings. The van der Waals surface area contributed by atoms with Gasteiger partial charge in [-0.2, -0.15) is 5.26 Å². The number of hydrogen-bond acceptors (Lipinski definition) is 5. The lowest BCUT2D eigenvalue weighted by molar-refractivity contribution is 0.376. The summed E-state index contributed by atoms with van der Waals surface area (Å²) < 4.78 is 15.7. The zero-order valence-electron chi connectivity index (χ0n) is 11.3. The van der Waals surface area contributed by atoms with Crippen molar-refractivity contribution in [2.45, 2.75) is 19.4 Å². The minimum Gasteiger partial charge on any atom is -0.496 e. The highest BCUT2D eigenvalue weighted by molar-refractivity contribution is 5.70. The van der Waals surface area contributed by atoms with Crippen molar-refractivity contribution >= 4 is 5.69 Å². The van der Waals surface area contributed by atoms with Gasteiger partial charge in [0, 0.05) is 12.1 Å². The first kappa shape index (κ1) is 14.0. The zero-order chi connectivity index (χ0) is 13.8. The van der Waals surface area contributed by atoms with Gasteiger partial charge in [0.1, 0.15) is 28.5 Å². The van der Waals surface area contributed by atoms with Crippen molar-refractivity contribution in [1.82, 2.24) is 0 Å². The Hall–Kier alpha value is -2.09. The van der Waals surface area contributed by atoms with Crippen molar-refractivity contribution in [1.29, 1.82) is 5.26 Å². The minimum absolute atomic E-state index is 0.564. The number of nitrogens with zero attached hydrogens (tertiary/aromatic N) is 1. The van der Waals surface area contributed by atoms with Crippen LogP contribution in [0.5, 0.6) is 17.2 Å². The van der Waals surface area contributed by atoms with Gasteiger partial charge in [-0.3, -0.25) is 0 Å². The second-order valence-corrected chi connectivity index (χ2v) is 4.27. The molecule has 0 spiro atoms. The summed E-state index contributed by atoms with van der Waals surface area (Å²) in [6.45, 7) is 3.55. The predicted octanol–water partition coefficient (Wildman–Crippen LogP) is 2.43. The summed E-state index contributed by atoms with van der Waals surface area (Å²) >= 11 is 0. The maximum Gasteiger partial charge on any atom is 0.149 e. The van der Waals surface area contributed by atoms with E-state index in [-0.39, 0.29) is 0 Å². The normalized spacial score (nSPS) is 10.4. The molecular weight excluding hydrogens is 232 g/mol. The van der Waals surface area contributed by atoms with E-state index in [1.807, 2.05) is 0 Å². The fourth-order valence-corrected chi connectivity index (χ4v) is 1.47. The number of hydrogen-bond donors (Lipinski definition) is 1. The Bertz CT molecular complexity index is 439. The lowest BCUT2D eigenvalue weighted by Crippen LogP contribution is -2.28. The van der Waals surface area contributed by atoms with Gasteiger partial charge in [-0.1, -0.05) is 0 Å². The Kier molecular flexibility index (Phi) is 4.27. The molecule has 0 atom stereocenters. The molecule has 18 heavy (non-hydrogen) atoms. The van der Waals surface area contributed by atoms with Crippen LogP contribution in [0.2, 0.25) is 0 Å². The molecule has 0 aromatic heterocycles. The third-order valence-electron chi connectivity index (χ3n) is 2.43. The first-order valence-electron chi connectivity index (χ1n) is 5.47. The number of benzene rings is 1. The maximum absolute atomic E-state index is 9.06. The number of nitriles is 1.